The summed E-state index contributed by atoms with van der Waals surface area (Å²) in [6, 6.07) is 13.4. The van der Waals surface area contributed by atoms with Crippen molar-refractivity contribution in [1.82, 2.24) is 4.90 Å². The number of aryl methyl sites for hydroxylation is 2. The first kappa shape index (κ1) is 20.2. The van der Waals surface area contributed by atoms with Gasteiger partial charge in [-0.1, -0.05) is 6.07 Å². The van der Waals surface area contributed by atoms with Crippen molar-refractivity contribution in [1.29, 1.82) is 0 Å². The summed E-state index contributed by atoms with van der Waals surface area (Å²) in [5, 5.41) is 2.90. The van der Waals surface area contributed by atoms with E-state index >= 15 is 0 Å². The molecule has 5 heteroatoms. The van der Waals surface area contributed by atoms with Gasteiger partial charge in [-0.25, -0.2) is 0 Å². The van der Waals surface area contributed by atoms with Crippen molar-refractivity contribution < 1.29 is 14.3 Å². The molecule has 5 nitrogen and oxygen atoms in total. The van der Waals surface area contributed by atoms with Gasteiger partial charge in [-0.2, -0.15) is 0 Å². The van der Waals surface area contributed by atoms with Crippen molar-refractivity contribution in [3.05, 3.63) is 53.6 Å². The van der Waals surface area contributed by atoms with Gasteiger partial charge in [-0.15, -0.1) is 0 Å². The summed E-state index contributed by atoms with van der Waals surface area (Å²) in [6.45, 7) is 7.97. The Hall–Kier alpha value is -2.53. The van der Waals surface area contributed by atoms with Crippen LogP contribution in [0.2, 0.25) is 0 Å². The molecule has 1 amide bonds. The van der Waals surface area contributed by atoms with E-state index < -0.39 is 6.10 Å². The first-order valence-electron chi connectivity index (χ1n) is 9.91. The second kappa shape index (κ2) is 9.11. The van der Waals surface area contributed by atoms with E-state index in [-0.39, 0.29) is 12.0 Å². The predicted molar refractivity (Wildman–Crippen MR) is 112 cm³/mol. The molecule has 0 spiro atoms. The molecule has 1 aliphatic heterocycles. The molecular weight excluding hydrogens is 352 g/mol. The van der Waals surface area contributed by atoms with E-state index in [1.807, 2.05) is 49.4 Å². The predicted octanol–water partition coefficient (Wildman–Crippen LogP) is 4.18. The van der Waals surface area contributed by atoms with Crippen molar-refractivity contribution in [2.75, 3.05) is 25.5 Å². The van der Waals surface area contributed by atoms with Crippen LogP contribution >= 0.6 is 0 Å². The Bertz CT molecular complexity index is 796. The van der Waals surface area contributed by atoms with Crippen LogP contribution in [0.15, 0.2) is 42.5 Å². The van der Waals surface area contributed by atoms with Crippen LogP contribution in [0.5, 0.6) is 11.5 Å². The molecule has 0 aromatic heterocycles. The third-order valence-corrected chi connectivity index (χ3v) is 5.25. The van der Waals surface area contributed by atoms with E-state index in [0.29, 0.717) is 5.75 Å². The molecule has 1 heterocycles. The smallest absolute Gasteiger partial charge is 0.265 e. The van der Waals surface area contributed by atoms with Crippen molar-refractivity contribution >= 4 is 11.6 Å². The number of benzene rings is 2. The lowest BCUT2D eigenvalue weighted by Crippen LogP contribution is -2.35. The average molecular weight is 383 g/mol. The van der Waals surface area contributed by atoms with E-state index in [4.69, 9.17) is 9.47 Å². The highest BCUT2D eigenvalue weighted by Crippen LogP contribution is 2.22. The summed E-state index contributed by atoms with van der Waals surface area (Å²) in [5.74, 6) is 1.36. The minimum Gasteiger partial charge on any atom is -0.490 e. The van der Waals surface area contributed by atoms with Crippen LogP contribution in [0.25, 0.3) is 0 Å². The number of nitrogens with one attached hydrogen (secondary N) is 1. The van der Waals surface area contributed by atoms with E-state index in [9.17, 15) is 4.79 Å². The molecule has 0 bridgehead atoms. The highest BCUT2D eigenvalue weighted by atomic mass is 16.5. The van der Waals surface area contributed by atoms with E-state index in [2.05, 4.69) is 24.2 Å². The topological polar surface area (TPSA) is 50.8 Å². The van der Waals surface area contributed by atoms with Gasteiger partial charge in [-0.05, 0) is 88.2 Å². The van der Waals surface area contributed by atoms with Gasteiger partial charge in [0, 0.05) is 18.8 Å². The molecule has 0 aliphatic carbocycles. The van der Waals surface area contributed by atoms with Gasteiger partial charge >= 0.3 is 0 Å². The van der Waals surface area contributed by atoms with E-state index in [1.165, 1.54) is 5.56 Å². The third-order valence-electron chi connectivity index (χ3n) is 5.25. The Morgan fingerprint density at radius 1 is 1.04 bits per heavy atom. The molecule has 2 aromatic carbocycles. The van der Waals surface area contributed by atoms with Crippen molar-refractivity contribution in [2.24, 2.45) is 0 Å². The second-order valence-corrected chi connectivity index (χ2v) is 7.64. The highest BCUT2D eigenvalue weighted by Gasteiger charge is 2.18. The summed E-state index contributed by atoms with van der Waals surface area (Å²) in [4.78, 5) is 14.7. The Morgan fingerprint density at radius 3 is 2.32 bits per heavy atom. The first-order chi connectivity index (χ1) is 13.4. The van der Waals surface area contributed by atoms with Crippen LogP contribution in [-0.4, -0.2) is 43.2 Å². The standard InChI is InChI=1S/C23H30N2O3/c1-16-5-8-22(15-17(16)2)27-18(3)23(26)24-19-6-9-20(10-7-19)28-21-11-13-25(4)14-12-21/h5-10,15,18,21H,11-14H2,1-4H3,(H,24,26)/t18-/m0/s1. The fourth-order valence-corrected chi connectivity index (χ4v) is 3.20. The molecule has 2 aromatic rings. The normalized spacial score (nSPS) is 16.4. The Kier molecular flexibility index (Phi) is 6.57. The number of likely N-dealkylation sites (tertiary alicyclic amines) is 1. The number of amides is 1. The van der Waals surface area contributed by atoms with Gasteiger partial charge in [0.15, 0.2) is 6.10 Å². The maximum absolute atomic E-state index is 12.4. The van der Waals surface area contributed by atoms with Crippen LogP contribution in [0.3, 0.4) is 0 Å². The molecular formula is C23H30N2O3. The molecule has 1 aliphatic rings. The Labute approximate surface area is 167 Å². The Balaban J connectivity index is 1.51. The SMILES string of the molecule is Cc1ccc(O[C@@H](C)C(=O)Nc2ccc(OC3CCN(C)CC3)cc2)cc1C. The lowest BCUT2D eigenvalue weighted by atomic mass is 10.1. The van der Waals surface area contributed by atoms with Crippen molar-refractivity contribution in [3.8, 4) is 11.5 Å². The van der Waals surface area contributed by atoms with Gasteiger partial charge < -0.3 is 19.7 Å². The van der Waals surface area contributed by atoms with E-state index in [0.717, 1.165) is 42.9 Å². The van der Waals surface area contributed by atoms with Crippen molar-refractivity contribution in [3.63, 3.8) is 0 Å². The Morgan fingerprint density at radius 2 is 1.68 bits per heavy atom. The number of carbonyl (C=O) groups is 1. The fourth-order valence-electron chi connectivity index (χ4n) is 3.20. The number of anilines is 1. The van der Waals surface area contributed by atoms with Gasteiger partial charge in [0.25, 0.3) is 5.91 Å². The lowest BCUT2D eigenvalue weighted by molar-refractivity contribution is -0.122. The number of hydrogen-bond donors (Lipinski definition) is 1. The number of hydrogen-bond acceptors (Lipinski definition) is 4. The van der Waals surface area contributed by atoms with Crippen LogP contribution in [0.1, 0.15) is 30.9 Å². The molecule has 0 radical (unpaired) electrons. The summed E-state index contributed by atoms with van der Waals surface area (Å²) < 4.78 is 11.8. The number of carbonyl (C=O) groups excluding carboxylic acids is 1. The number of piperidine rings is 1. The minimum atomic E-state index is -0.586. The molecule has 0 saturated carbocycles. The maximum Gasteiger partial charge on any atom is 0.265 e. The van der Waals surface area contributed by atoms with Crippen molar-refractivity contribution in [2.45, 2.75) is 45.8 Å². The minimum absolute atomic E-state index is 0.179. The first-order valence-corrected chi connectivity index (χ1v) is 9.91. The van der Waals surface area contributed by atoms with Gasteiger partial charge in [0.1, 0.15) is 17.6 Å². The number of nitrogens with zero attached hydrogens (tertiary/aromatic N) is 1. The van der Waals surface area contributed by atoms with Gasteiger partial charge in [-0.3, -0.25) is 4.79 Å². The zero-order valence-electron chi connectivity index (χ0n) is 17.2. The van der Waals surface area contributed by atoms with E-state index in [1.54, 1.807) is 6.92 Å². The largest absolute Gasteiger partial charge is 0.490 e. The molecule has 150 valence electrons. The monoisotopic (exact) mass is 382 g/mol. The third kappa shape index (κ3) is 5.49. The second-order valence-electron chi connectivity index (χ2n) is 7.64. The maximum atomic E-state index is 12.4. The quantitative estimate of drug-likeness (QED) is 0.814. The van der Waals surface area contributed by atoms with Crippen LogP contribution < -0.4 is 14.8 Å². The molecule has 1 atom stereocenters. The van der Waals surface area contributed by atoms with Gasteiger partial charge in [0.05, 0.1) is 0 Å². The van der Waals surface area contributed by atoms with Crippen LogP contribution in [-0.2, 0) is 4.79 Å². The molecule has 28 heavy (non-hydrogen) atoms. The zero-order valence-corrected chi connectivity index (χ0v) is 17.2. The fraction of sp³-hybridized carbons (Fsp3) is 0.435. The lowest BCUT2D eigenvalue weighted by Gasteiger charge is -2.29. The number of rotatable bonds is 6. The molecule has 1 fully saturated rings. The molecule has 3 rings (SSSR count). The average Bonchev–Trinajstić information content (AvgIpc) is 2.68. The molecule has 1 N–H and O–H groups in total. The summed E-state index contributed by atoms with van der Waals surface area (Å²) in [5.41, 5.74) is 3.08. The summed E-state index contributed by atoms with van der Waals surface area (Å²) in [7, 11) is 2.14. The molecule has 0 unspecified atom stereocenters. The van der Waals surface area contributed by atoms with Gasteiger partial charge in [0.2, 0.25) is 0 Å². The van der Waals surface area contributed by atoms with Crippen LogP contribution in [0, 0.1) is 13.8 Å². The highest BCUT2D eigenvalue weighted by molar-refractivity contribution is 5.94. The summed E-state index contributed by atoms with van der Waals surface area (Å²) >= 11 is 0. The van der Waals surface area contributed by atoms with Crippen LogP contribution in [0.4, 0.5) is 5.69 Å². The molecule has 1 saturated heterocycles. The number of ether oxygens (including phenoxy) is 2. The zero-order chi connectivity index (χ0) is 20.1. The summed E-state index contributed by atoms with van der Waals surface area (Å²) in [6.07, 6.45) is 1.77.